The average Bonchev–Trinajstić information content (AvgIpc) is 3.32. The third-order valence-corrected chi connectivity index (χ3v) is 7.80. The van der Waals surface area contributed by atoms with Gasteiger partial charge in [0.05, 0.1) is 34.1 Å². The topological polar surface area (TPSA) is 183 Å². The van der Waals surface area contributed by atoms with E-state index in [1.807, 2.05) is 6.92 Å². The smallest absolute Gasteiger partial charge is 0.339 e. The first-order valence-corrected chi connectivity index (χ1v) is 15.6. The number of unbranched alkanes of at least 4 members (excludes halogenated alkanes) is 1. The minimum atomic E-state index is -0.687. The van der Waals surface area contributed by atoms with Crippen molar-refractivity contribution in [2.75, 3.05) is 37.5 Å². The predicted molar refractivity (Wildman–Crippen MR) is 178 cm³/mol. The molecule has 0 spiro atoms. The molecule has 48 heavy (non-hydrogen) atoms. The van der Waals surface area contributed by atoms with Crippen molar-refractivity contribution in [2.24, 2.45) is 0 Å². The number of non-ortho nitro benzene ring substituents is 1. The number of nitro benzene ring substituents is 1. The number of thioether (sulfide) groups is 1. The van der Waals surface area contributed by atoms with E-state index < -0.39 is 47.0 Å². The first-order valence-electron chi connectivity index (χ1n) is 14.4. The van der Waals surface area contributed by atoms with Gasteiger partial charge in [-0.2, -0.15) is 0 Å². The van der Waals surface area contributed by atoms with Crippen LogP contribution in [0.15, 0.2) is 65.6 Å². The minimum Gasteiger partial charge on any atom is -0.493 e. The van der Waals surface area contributed by atoms with E-state index in [-0.39, 0.29) is 50.7 Å². The normalized spacial score (nSPS) is 13.3. The number of methoxy groups -OCH3 is 1. The zero-order valence-electron chi connectivity index (χ0n) is 25.6. The second-order valence-corrected chi connectivity index (χ2v) is 11.5. The molecule has 1 aliphatic rings. The van der Waals surface area contributed by atoms with E-state index in [4.69, 9.17) is 25.8 Å². The molecule has 0 saturated carbocycles. The fourth-order valence-corrected chi connectivity index (χ4v) is 5.24. The number of halogens is 1. The van der Waals surface area contributed by atoms with Gasteiger partial charge in [0.1, 0.15) is 6.54 Å². The highest BCUT2D eigenvalue weighted by Gasteiger charge is 2.36. The summed E-state index contributed by atoms with van der Waals surface area (Å²) >= 11 is 6.78. The van der Waals surface area contributed by atoms with Gasteiger partial charge in [-0.3, -0.25) is 34.2 Å². The number of anilines is 2. The van der Waals surface area contributed by atoms with Crippen LogP contribution in [0, 0.1) is 10.1 Å². The number of hydrogen-bond acceptors (Lipinski definition) is 11. The summed E-state index contributed by atoms with van der Waals surface area (Å²) in [5.41, 5.74) is 0.808. The zero-order valence-corrected chi connectivity index (χ0v) is 27.2. The predicted octanol–water partition coefficient (Wildman–Crippen LogP) is 5.91. The molecule has 3 aromatic rings. The monoisotopic (exact) mass is 696 g/mol. The molecule has 1 aliphatic heterocycles. The van der Waals surface area contributed by atoms with E-state index in [0.29, 0.717) is 23.7 Å². The number of rotatable bonds is 14. The Bertz CT molecular complexity index is 1800. The Balaban J connectivity index is 1.36. The van der Waals surface area contributed by atoms with E-state index >= 15 is 0 Å². The van der Waals surface area contributed by atoms with Gasteiger partial charge < -0.3 is 24.8 Å². The molecule has 1 fully saturated rings. The van der Waals surface area contributed by atoms with Crippen LogP contribution in [-0.4, -0.2) is 65.6 Å². The molecule has 2 N–H and O–H groups in total. The number of nitrogens with one attached hydrogen (secondary N) is 2. The van der Waals surface area contributed by atoms with Crippen molar-refractivity contribution in [3.8, 4) is 11.5 Å². The van der Waals surface area contributed by atoms with E-state index in [1.165, 1.54) is 67.8 Å². The molecule has 3 aromatic carbocycles. The lowest BCUT2D eigenvalue weighted by Gasteiger charge is -2.13. The molecular formula is C32H29ClN4O10S. The molecule has 1 heterocycles. The number of ether oxygens (including phenoxy) is 3. The maximum Gasteiger partial charge on any atom is 0.339 e. The fraction of sp³-hybridized carbons (Fsp3) is 0.219. The zero-order chi connectivity index (χ0) is 34.8. The number of hydrogen-bond donors (Lipinski definition) is 2. The van der Waals surface area contributed by atoms with Gasteiger partial charge in [0.25, 0.3) is 22.7 Å². The fourth-order valence-electron chi connectivity index (χ4n) is 4.21. The lowest BCUT2D eigenvalue weighted by atomic mass is 10.2. The SMILES string of the molecule is CCCCOC(=O)c1cc(NC(=O)CN2C(=O)S/C(=C\c3ccc(OCC(=O)Nc4cccc([N+](=O)[O-])c4)c(OC)c3)C2=O)ccc1Cl. The van der Waals surface area contributed by atoms with Crippen molar-refractivity contribution in [3.05, 3.63) is 91.8 Å². The summed E-state index contributed by atoms with van der Waals surface area (Å²) in [5.74, 6) is -2.14. The second kappa shape index (κ2) is 16.4. The van der Waals surface area contributed by atoms with Crippen LogP contribution in [0.1, 0.15) is 35.7 Å². The highest BCUT2D eigenvalue weighted by Crippen LogP contribution is 2.35. The van der Waals surface area contributed by atoms with Gasteiger partial charge in [0.15, 0.2) is 18.1 Å². The number of amides is 4. The van der Waals surface area contributed by atoms with Crippen molar-refractivity contribution >= 4 is 75.4 Å². The van der Waals surface area contributed by atoms with Gasteiger partial charge in [-0.05, 0) is 66.2 Å². The molecule has 16 heteroatoms. The average molecular weight is 697 g/mol. The lowest BCUT2D eigenvalue weighted by Crippen LogP contribution is -2.36. The maximum absolute atomic E-state index is 13.0. The summed E-state index contributed by atoms with van der Waals surface area (Å²) in [5, 5.41) is 15.5. The van der Waals surface area contributed by atoms with Crippen LogP contribution in [0.25, 0.3) is 6.08 Å². The number of benzene rings is 3. The highest BCUT2D eigenvalue weighted by molar-refractivity contribution is 8.18. The summed E-state index contributed by atoms with van der Waals surface area (Å²) in [6.07, 6.45) is 2.97. The largest absolute Gasteiger partial charge is 0.493 e. The Labute approximate surface area is 283 Å². The summed E-state index contributed by atoms with van der Waals surface area (Å²) in [6, 6.07) is 14.3. The van der Waals surface area contributed by atoms with Crippen LogP contribution >= 0.6 is 23.4 Å². The highest BCUT2D eigenvalue weighted by atomic mass is 35.5. The maximum atomic E-state index is 13.0. The van der Waals surface area contributed by atoms with Crippen molar-refractivity contribution < 1.29 is 43.1 Å². The summed E-state index contributed by atoms with van der Waals surface area (Å²) < 4.78 is 16.1. The van der Waals surface area contributed by atoms with E-state index in [2.05, 4.69) is 10.6 Å². The van der Waals surface area contributed by atoms with Crippen LogP contribution in [0.2, 0.25) is 5.02 Å². The van der Waals surface area contributed by atoms with Crippen molar-refractivity contribution in [1.82, 2.24) is 4.90 Å². The van der Waals surface area contributed by atoms with Gasteiger partial charge in [-0.25, -0.2) is 4.79 Å². The van der Waals surface area contributed by atoms with Crippen LogP contribution in [0.5, 0.6) is 11.5 Å². The molecule has 0 radical (unpaired) electrons. The first-order chi connectivity index (χ1) is 23.0. The Hall–Kier alpha value is -5.41. The second-order valence-electron chi connectivity index (χ2n) is 10.1. The minimum absolute atomic E-state index is 0.0588. The van der Waals surface area contributed by atoms with Crippen LogP contribution < -0.4 is 20.1 Å². The molecule has 0 aromatic heterocycles. The Kier molecular flexibility index (Phi) is 12.1. The molecule has 0 unspecified atom stereocenters. The van der Waals surface area contributed by atoms with Gasteiger partial charge in [0, 0.05) is 23.5 Å². The third-order valence-electron chi connectivity index (χ3n) is 6.56. The Morgan fingerprint density at radius 3 is 2.48 bits per heavy atom. The molecule has 4 amide bonds. The van der Waals surface area contributed by atoms with Crippen LogP contribution in [0.4, 0.5) is 21.9 Å². The Morgan fingerprint density at radius 1 is 1.00 bits per heavy atom. The van der Waals surface area contributed by atoms with Crippen LogP contribution in [0.3, 0.4) is 0 Å². The van der Waals surface area contributed by atoms with Crippen molar-refractivity contribution in [2.45, 2.75) is 19.8 Å². The molecule has 0 bridgehead atoms. The summed E-state index contributed by atoms with van der Waals surface area (Å²) in [6.45, 7) is 1.18. The van der Waals surface area contributed by atoms with Gasteiger partial charge in [-0.1, -0.05) is 37.1 Å². The van der Waals surface area contributed by atoms with Crippen LogP contribution in [-0.2, 0) is 19.1 Å². The molecule has 4 rings (SSSR count). The molecule has 14 nitrogen and oxygen atoms in total. The van der Waals surface area contributed by atoms with Gasteiger partial charge >= 0.3 is 5.97 Å². The molecule has 0 aliphatic carbocycles. The number of esters is 1. The quantitative estimate of drug-likeness (QED) is 0.0672. The number of imide groups is 1. The molecular weight excluding hydrogens is 668 g/mol. The van der Waals surface area contributed by atoms with Crippen molar-refractivity contribution in [1.29, 1.82) is 0 Å². The number of nitrogens with zero attached hydrogens (tertiary/aromatic N) is 2. The molecule has 1 saturated heterocycles. The van der Waals surface area contributed by atoms with Gasteiger partial charge in [-0.15, -0.1) is 0 Å². The molecule has 250 valence electrons. The number of nitro groups is 1. The standard InChI is InChI=1S/C32H29ClN4O10S/c1-3-4-12-46-31(41)23-16-21(9-10-24(23)33)34-28(38)17-36-30(40)27(48-32(36)42)14-19-8-11-25(26(13-19)45-2)47-18-29(39)35-20-6-5-7-22(15-20)37(43)44/h5-11,13-16H,3-4,12,17-18H2,1-2H3,(H,34,38)(H,35,39)/b27-14-. The van der Waals surface area contributed by atoms with Crippen molar-refractivity contribution in [3.63, 3.8) is 0 Å². The summed E-state index contributed by atoms with van der Waals surface area (Å²) in [4.78, 5) is 74.4. The third kappa shape index (κ3) is 9.33. The van der Waals surface area contributed by atoms with E-state index in [9.17, 15) is 34.1 Å². The number of carbonyl (C=O) groups excluding carboxylic acids is 5. The number of carbonyl (C=O) groups is 5. The lowest BCUT2D eigenvalue weighted by molar-refractivity contribution is -0.384. The molecule has 0 atom stereocenters. The van der Waals surface area contributed by atoms with Gasteiger partial charge in [0.2, 0.25) is 5.91 Å². The van der Waals surface area contributed by atoms with E-state index in [1.54, 1.807) is 6.07 Å². The van der Waals surface area contributed by atoms with E-state index in [0.717, 1.165) is 11.3 Å². The summed E-state index contributed by atoms with van der Waals surface area (Å²) in [7, 11) is 1.38. The Morgan fingerprint density at radius 2 is 1.75 bits per heavy atom. The first kappa shape index (κ1) is 35.4.